The van der Waals surface area contributed by atoms with Crippen LogP contribution < -0.4 is 0 Å². The van der Waals surface area contributed by atoms with Gasteiger partial charge in [0.2, 0.25) is 0 Å². The van der Waals surface area contributed by atoms with Crippen molar-refractivity contribution < 1.29 is 4.74 Å². The van der Waals surface area contributed by atoms with E-state index in [1.807, 2.05) is 7.05 Å². The van der Waals surface area contributed by atoms with Crippen molar-refractivity contribution in [3.8, 4) is 0 Å². The van der Waals surface area contributed by atoms with Crippen LogP contribution in [-0.4, -0.2) is 31.6 Å². The molecule has 0 saturated heterocycles. The summed E-state index contributed by atoms with van der Waals surface area (Å²) in [6, 6.07) is 0.644. The van der Waals surface area contributed by atoms with E-state index in [2.05, 4.69) is 11.5 Å². The zero-order valence-corrected chi connectivity index (χ0v) is 5.01. The third-order valence-corrected chi connectivity index (χ3v) is 0.992. The number of amidine groups is 1. The van der Waals surface area contributed by atoms with E-state index < -0.39 is 0 Å². The van der Waals surface area contributed by atoms with Gasteiger partial charge in [0.25, 0.3) is 6.02 Å². The van der Waals surface area contributed by atoms with Gasteiger partial charge in [-0.1, -0.05) is 0 Å². The van der Waals surface area contributed by atoms with Crippen molar-refractivity contribution in [2.75, 3.05) is 20.7 Å². The number of aliphatic imine (C=N–C) groups is 1. The SMILES string of the molecule is COC1=NC[C]N1C. The van der Waals surface area contributed by atoms with Gasteiger partial charge < -0.3 is 9.64 Å². The summed E-state index contributed by atoms with van der Waals surface area (Å²) in [7, 11) is 3.46. The Balaban J connectivity index is 2.49. The molecule has 0 aromatic carbocycles. The third kappa shape index (κ3) is 0.757. The molecule has 0 aromatic rings. The van der Waals surface area contributed by atoms with Crippen molar-refractivity contribution in [2.24, 2.45) is 4.99 Å². The number of ether oxygens (including phenoxy) is 1. The molecule has 0 spiro atoms. The van der Waals surface area contributed by atoms with Gasteiger partial charge in [0, 0.05) is 7.05 Å². The second-order valence-corrected chi connectivity index (χ2v) is 1.52. The largest absolute Gasteiger partial charge is 0.468 e. The third-order valence-electron chi connectivity index (χ3n) is 0.992. The molecule has 0 atom stereocenters. The summed E-state index contributed by atoms with van der Waals surface area (Å²) in [5, 5.41) is 0. The Bertz CT molecular complexity index is 111. The predicted octanol–water partition coefficient (Wildman–Crippen LogP) is -0.0270. The lowest BCUT2D eigenvalue weighted by atomic mass is 10.6. The maximum atomic E-state index is 4.84. The van der Waals surface area contributed by atoms with Crippen molar-refractivity contribution in [3.63, 3.8) is 0 Å². The maximum absolute atomic E-state index is 4.84. The lowest BCUT2D eigenvalue weighted by Crippen LogP contribution is -2.20. The van der Waals surface area contributed by atoms with Gasteiger partial charge in [-0.05, 0) is 0 Å². The van der Waals surface area contributed by atoms with Crippen molar-refractivity contribution in [2.45, 2.75) is 0 Å². The van der Waals surface area contributed by atoms with Gasteiger partial charge in [-0.25, -0.2) is 4.99 Å². The second-order valence-electron chi connectivity index (χ2n) is 1.52. The molecule has 3 heteroatoms. The average molecular weight is 112 g/mol. The fourth-order valence-electron chi connectivity index (χ4n) is 0.584. The first kappa shape index (κ1) is 5.41. The van der Waals surface area contributed by atoms with Gasteiger partial charge in [0.05, 0.1) is 13.7 Å². The number of nitrogens with zero attached hydrogens (tertiary/aromatic N) is 2. The van der Waals surface area contributed by atoms with Crippen molar-refractivity contribution >= 4 is 6.02 Å². The van der Waals surface area contributed by atoms with Crippen LogP contribution in [0.4, 0.5) is 0 Å². The summed E-state index contributed by atoms with van der Waals surface area (Å²) in [5.74, 6) is 0. The smallest absolute Gasteiger partial charge is 0.287 e. The summed E-state index contributed by atoms with van der Waals surface area (Å²) in [6.07, 6.45) is 0. The number of rotatable bonds is 0. The molecule has 0 N–H and O–H groups in total. The molecule has 8 heavy (non-hydrogen) atoms. The van der Waals surface area contributed by atoms with Gasteiger partial charge in [-0.3, -0.25) is 0 Å². The Morgan fingerprint density at radius 3 is 2.88 bits per heavy atom. The molecule has 0 amide bonds. The normalized spacial score (nSPS) is 18.8. The predicted molar refractivity (Wildman–Crippen MR) is 30.3 cm³/mol. The van der Waals surface area contributed by atoms with Gasteiger partial charge in [-0.15, -0.1) is 0 Å². The lowest BCUT2D eigenvalue weighted by molar-refractivity contribution is 0.343. The summed E-state index contributed by atoms with van der Waals surface area (Å²) < 4.78 is 4.84. The summed E-state index contributed by atoms with van der Waals surface area (Å²) in [6.45, 7) is 3.55. The molecule has 44 valence electrons. The first-order chi connectivity index (χ1) is 3.84. The van der Waals surface area contributed by atoms with Gasteiger partial charge >= 0.3 is 0 Å². The topological polar surface area (TPSA) is 24.8 Å². The van der Waals surface area contributed by atoms with E-state index in [1.54, 1.807) is 12.0 Å². The van der Waals surface area contributed by atoms with Crippen LogP contribution in [0.5, 0.6) is 0 Å². The highest BCUT2D eigenvalue weighted by Crippen LogP contribution is 2.01. The number of hydrogen-bond donors (Lipinski definition) is 0. The number of hydrogen-bond acceptors (Lipinski definition) is 3. The van der Waals surface area contributed by atoms with Crippen LogP contribution in [0.1, 0.15) is 0 Å². The minimum atomic E-state index is 0.625. The monoisotopic (exact) mass is 112 g/mol. The van der Waals surface area contributed by atoms with E-state index in [1.165, 1.54) is 0 Å². The van der Waals surface area contributed by atoms with E-state index >= 15 is 0 Å². The van der Waals surface area contributed by atoms with E-state index in [0.717, 1.165) is 0 Å². The molecule has 1 aliphatic rings. The Kier molecular flexibility index (Phi) is 1.37. The van der Waals surface area contributed by atoms with Crippen molar-refractivity contribution in [3.05, 3.63) is 6.54 Å². The highest BCUT2D eigenvalue weighted by molar-refractivity contribution is 5.75. The van der Waals surface area contributed by atoms with E-state index in [-0.39, 0.29) is 0 Å². The minimum Gasteiger partial charge on any atom is -0.468 e. The van der Waals surface area contributed by atoms with Crippen LogP contribution in [0.3, 0.4) is 0 Å². The molecule has 2 radical (unpaired) electrons. The summed E-state index contributed by atoms with van der Waals surface area (Å²) in [4.78, 5) is 5.68. The molecule has 0 fully saturated rings. The fraction of sp³-hybridized carbons (Fsp3) is 0.600. The van der Waals surface area contributed by atoms with Crippen molar-refractivity contribution in [1.82, 2.24) is 4.90 Å². The van der Waals surface area contributed by atoms with Crippen LogP contribution in [0, 0.1) is 6.54 Å². The quantitative estimate of drug-likeness (QED) is 0.439. The molecule has 1 rings (SSSR count). The molecule has 1 aliphatic heterocycles. The van der Waals surface area contributed by atoms with E-state index in [0.29, 0.717) is 12.6 Å². The summed E-state index contributed by atoms with van der Waals surface area (Å²) in [5.41, 5.74) is 0. The van der Waals surface area contributed by atoms with Crippen molar-refractivity contribution in [1.29, 1.82) is 0 Å². The van der Waals surface area contributed by atoms with Crippen LogP contribution in [0.25, 0.3) is 0 Å². The zero-order chi connectivity index (χ0) is 5.98. The fourth-order valence-corrected chi connectivity index (χ4v) is 0.584. The molecule has 0 saturated carbocycles. The van der Waals surface area contributed by atoms with Crippen LogP contribution in [0.2, 0.25) is 0 Å². The lowest BCUT2D eigenvalue weighted by Gasteiger charge is -2.08. The van der Waals surface area contributed by atoms with Gasteiger partial charge in [0.1, 0.15) is 6.54 Å². The van der Waals surface area contributed by atoms with Crippen LogP contribution >= 0.6 is 0 Å². The van der Waals surface area contributed by atoms with Gasteiger partial charge in [0.15, 0.2) is 0 Å². The van der Waals surface area contributed by atoms with Gasteiger partial charge in [-0.2, -0.15) is 0 Å². The molecular formula is C5H8N2O. The Morgan fingerprint density at radius 2 is 2.62 bits per heavy atom. The minimum absolute atomic E-state index is 0.625. The Hall–Kier alpha value is -0.730. The molecule has 0 bridgehead atoms. The summed E-state index contributed by atoms with van der Waals surface area (Å²) >= 11 is 0. The average Bonchev–Trinajstić information content (AvgIpc) is 2.14. The standard InChI is InChI=1S/C5H8N2O/c1-7-4-3-6-5(7)8-2/h3H2,1-2H3. The van der Waals surface area contributed by atoms with E-state index in [9.17, 15) is 0 Å². The molecule has 0 unspecified atom stereocenters. The number of likely N-dealkylation sites (N-methyl/N-ethyl adjacent to an activating group) is 1. The molecule has 0 aromatic heterocycles. The van der Waals surface area contributed by atoms with Crippen LogP contribution in [-0.2, 0) is 4.74 Å². The van der Waals surface area contributed by atoms with E-state index in [4.69, 9.17) is 4.74 Å². The molecular weight excluding hydrogens is 104 g/mol. The number of methoxy groups -OCH3 is 1. The Morgan fingerprint density at radius 1 is 1.88 bits per heavy atom. The second kappa shape index (κ2) is 2.03. The molecule has 1 heterocycles. The Labute approximate surface area is 49.0 Å². The zero-order valence-electron chi connectivity index (χ0n) is 5.01. The molecule has 3 nitrogen and oxygen atoms in total. The van der Waals surface area contributed by atoms with Crippen LogP contribution in [0.15, 0.2) is 4.99 Å². The maximum Gasteiger partial charge on any atom is 0.287 e. The first-order valence-electron chi connectivity index (χ1n) is 2.40. The first-order valence-corrected chi connectivity index (χ1v) is 2.40. The molecule has 0 aliphatic carbocycles. The highest BCUT2D eigenvalue weighted by Gasteiger charge is 2.12. The highest BCUT2D eigenvalue weighted by atomic mass is 16.5.